The highest BCUT2D eigenvalue weighted by Gasteiger charge is 2.11. The maximum absolute atomic E-state index is 5.99. The Balaban J connectivity index is 2.07. The molecule has 0 saturated heterocycles. The van der Waals surface area contributed by atoms with E-state index in [1.165, 1.54) is 0 Å². The zero-order chi connectivity index (χ0) is 11.4. The van der Waals surface area contributed by atoms with Crippen LogP contribution in [-0.2, 0) is 4.74 Å². The van der Waals surface area contributed by atoms with Crippen LogP contribution < -0.4 is 5.73 Å². The summed E-state index contributed by atoms with van der Waals surface area (Å²) < 4.78 is 10.0. The molecular formula is C11H14N2O2S. The number of furan rings is 1. The SMILES string of the molecule is COCCC(N)c1csc(-c2ccoc2)n1. The minimum absolute atomic E-state index is 0.0585. The van der Waals surface area contributed by atoms with E-state index in [2.05, 4.69) is 4.98 Å². The molecule has 2 aromatic rings. The Morgan fingerprint density at radius 3 is 3.19 bits per heavy atom. The van der Waals surface area contributed by atoms with E-state index in [1.807, 2.05) is 11.4 Å². The van der Waals surface area contributed by atoms with Crippen molar-refractivity contribution < 1.29 is 9.15 Å². The van der Waals surface area contributed by atoms with Crippen molar-refractivity contribution in [2.45, 2.75) is 12.5 Å². The summed E-state index contributed by atoms with van der Waals surface area (Å²) in [6.45, 7) is 0.653. The summed E-state index contributed by atoms with van der Waals surface area (Å²) in [6.07, 6.45) is 4.11. The molecule has 2 heterocycles. The van der Waals surface area contributed by atoms with Crippen LogP contribution >= 0.6 is 11.3 Å². The first-order chi connectivity index (χ1) is 7.81. The van der Waals surface area contributed by atoms with Gasteiger partial charge in [-0.15, -0.1) is 11.3 Å². The molecule has 0 amide bonds. The lowest BCUT2D eigenvalue weighted by molar-refractivity contribution is 0.188. The first kappa shape index (κ1) is 11.3. The van der Waals surface area contributed by atoms with E-state index >= 15 is 0 Å². The molecule has 1 unspecified atom stereocenters. The molecule has 86 valence electrons. The van der Waals surface area contributed by atoms with Gasteiger partial charge in [0, 0.05) is 24.7 Å². The summed E-state index contributed by atoms with van der Waals surface area (Å²) in [5.74, 6) is 0. The quantitative estimate of drug-likeness (QED) is 0.869. The molecule has 0 fully saturated rings. The Bertz CT molecular complexity index is 425. The average molecular weight is 238 g/mol. The van der Waals surface area contributed by atoms with Crippen LogP contribution in [0.5, 0.6) is 0 Å². The maximum Gasteiger partial charge on any atom is 0.126 e. The van der Waals surface area contributed by atoms with Crippen LogP contribution in [0.4, 0.5) is 0 Å². The Kier molecular flexibility index (Phi) is 3.71. The number of nitrogens with two attached hydrogens (primary N) is 1. The molecule has 5 heteroatoms. The molecule has 0 radical (unpaired) electrons. The first-order valence-corrected chi connectivity index (χ1v) is 5.91. The van der Waals surface area contributed by atoms with Crippen molar-refractivity contribution in [1.29, 1.82) is 0 Å². The van der Waals surface area contributed by atoms with Crippen LogP contribution in [0.1, 0.15) is 18.2 Å². The van der Waals surface area contributed by atoms with Gasteiger partial charge in [0.05, 0.1) is 18.0 Å². The van der Waals surface area contributed by atoms with Gasteiger partial charge in [0.25, 0.3) is 0 Å². The molecule has 1 atom stereocenters. The fourth-order valence-corrected chi connectivity index (χ4v) is 2.24. The lowest BCUT2D eigenvalue weighted by atomic mass is 10.2. The van der Waals surface area contributed by atoms with E-state index in [-0.39, 0.29) is 6.04 Å². The number of ether oxygens (including phenoxy) is 1. The van der Waals surface area contributed by atoms with Crippen LogP contribution in [0.3, 0.4) is 0 Å². The van der Waals surface area contributed by atoms with Crippen molar-refractivity contribution in [3.8, 4) is 10.6 Å². The van der Waals surface area contributed by atoms with Crippen molar-refractivity contribution in [3.63, 3.8) is 0 Å². The van der Waals surface area contributed by atoms with Gasteiger partial charge in [0.2, 0.25) is 0 Å². The second-order valence-corrected chi connectivity index (χ2v) is 4.34. The maximum atomic E-state index is 5.99. The van der Waals surface area contributed by atoms with Crippen molar-refractivity contribution in [2.75, 3.05) is 13.7 Å². The highest BCUT2D eigenvalue weighted by Crippen LogP contribution is 2.26. The van der Waals surface area contributed by atoms with Crippen molar-refractivity contribution in [1.82, 2.24) is 4.98 Å². The summed E-state index contributed by atoms with van der Waals surface area (Å²) in [4.78, 5) is 4.48. The second kappa shape index (κ2) is 5.25. The summed E-state index contributed by atoms with van der Waals surface area (Å²) >= 11 is 1.58. The van der Waals surface area contributed by atoms with Crippen LogP contribution in [0.25, 0.3) is 10.6 Å². The number of rotatable bonds is 5. The van der Waals surface area contributed by atoms with Gasteiger partial charge in [0.1, 0.15) is 11.3 Å². The molecule has 4 nitrogen and oxygen atoms in total. The summed E-state index contributed by atoms with van der Waals surface area (Å²) in [5.41, 5.74) is 7.90. The molecule has 0 aliphatic rings. The van der Waals surface area contributed by atoms with Crippen LogP contribution in [0.2, 0.25) is 0 Å². The molecule has 2 rings (SSSR count). The molecule has 0 aliphatic heterocycles. The standard InChI is InChI=1S/C11H14N2O2S/c1-14-4-3-9(12)10-7-16-11(13-10)8-2-5-15-6-8/h2,5-7,9H,3-4,12H2,1H3. The van der Waals surface area contributed by atoms with Gasteiger partial charge >= 0.3 is 0 Å². The predicted octanol–water partition coefficient (Wildman–Crippen LogP) is 2.44. The van der Waals surface area contributed by atoms with Crippen LogP contribution in [-0.4, -0.2) is 18.7 Å². The van der Waals surface area contributed by atoms with Gasteiger partial charge in [-0.1, -0.05) is 0 Å². The lowest BCUT2D eigenvalue weighted by Crippen LogP contribution is -2.12. The van der Waals surface area contributed by atoms with E-state index in [9.17, 15) is 0 Å². The average Bonchev–Trinajstić information content (AvgIpc) is 2.94. The van der Waals surface area contributed by atoms with E-state index in [0.29, 0.717) is 6.61 Å². The number of hydrogen-bond donors (Lipinski definition) is 1. The molecule has 2 aromatic heterocycles. The molecular weight excluding hydrogens is 224 g/mol. The zero-order valence-electron chi connectivity index (χ0n) is 9.05. The topological polar surface area (TPSA) is 61.3 Å². The Labute approximate surface area is 98.1 Å². The Morgan fingerprint density at radius 1 is 1.62 bits per heavy atom. The molecule has 0 spiro atoms. The van der Waals surface area contributed by atoms with Crippen molar-refractivity contribution >= 4 is 11.3 Å². The molecule has 0 aliphatic carbocycles. The zero-order valence-corrected chi connectivity index (χ0v) is 9.87. The Hall–Kier alpha value is -1.17. The van der Waals surface area contributed by atoms with Crippen molar-refractivity contribution in [3.05, 3.63) is 29.7 Å². The molecule has 0 bridgehead atoms. The number of nitrogens with zero attached hydrogens (tertiary/aromatic N) is 1. The van der Waals surface area contributed by atoms with Gasteiger partial charge in [0.15, 0.2) is 0 Å². The number of methoxy groups -OCH3 is 1. The van der Waals surface area contributed by atoms with E-state index < -0.39 is 0 Å². The van der Waals surface area contributed by atoms with Gasteiger partial charge in [-0.2, -0.15) is 0 Å². The summed E-state index contributed by atoms with van der Waals surface area (Å²) in [5, 5.41) is 2.93. The van der Waals surface area contributed by atoms with Crippen LogP contribution in [0, 0.1) is 0 Å². The first-order valence-electron chi connectivity index (χ1n) is 5.03. The monoisotopic (exact) mass is 238 g/mol. The third-order valence-electron chi connectivity index (χ3n) is 2.30. The molecule has 2 N–H and O–H groups in total. The summed E-state index contributed by atoms with van der Waals surface area (Å²) in [6, 6.07) is 1.83. The fourth-order valence-electron chi connectivity index (χ4n) is 1.37. The molecule has 16 heavy (non-hydrogen) atoms. The van der Waals surface area contributed by atoms with Crippen LogP contribution in [0.15, 0.2) is 28.4 Å². The highest BCUT2D eigenvalue weighted by molar-refractivity contribution is 7.13. The lowest BCUT2D eigenvalue weighted by Gasteiger charge is -2.06. The van der Waals surface area contributed by atoms with Crippen molar-refractivity contribution in [2.24, 2.45) is 5.73 Å². The third-order valence-corrected chi connectivity index (χ3v) is 3.21. The minimum Gasteiger partial charge on any atom is -0.472 e. The summed E-state index contributed by atoms with van der Waals surface area (Å²) in [7, 11) is 1.67. The van der Waals surface area contributed by atoms with E-state index in [1.54, 1.807) is 31.0 Å². The van der Waals surface area contributed by atoms with Gasteiger partial charge in [-0.25, -0.2) is 4.98 Å². The largest absolute Gasteiger partial charge is 0.472 e. The highest BCUT2D eigenvalue weighted by atomic mass is 32.1. The van der Waals surface area contributed by atoms with Gasteiger partial charge in [-0.05, 0) is 12.5 Å². The smallest absolute Gasteiger partial charge is 0.126 e. The van der Waals surface area contributed by atoms with E-state index in [0.717, 1.165) is 22.7 Å². The van der Waals surface area contributed by atoms with Gasteiger partial charge < -0.3 is 14.9 Å². The third kappa shape index (κ3) is 2.49. The number of aromatic nitrogens is 1. The fraction of sp³-hybridized carbons (Fsp3) is 0.364. The molecule has 0 saturated carbocycles. The van der Waals surface area contributed by atoms with Gasteiger partial charge in [-0.3, -0.25) is 0 Å². The number of hydrogen-bond acceptors (Lipinski definition) is 5. The minimum atomic E-state index is -0.0585. The second-order valence-electron chi connectivity index (χ2n) is 3.48. The van der Waals surface area contributed by atoms with E-state index in [4.69, 9.17) is 14.9 Å². The predicted molar refractivity (Wildman–Crippen MR) is 63.2 cm³/mol. The number of thiazole rings is 1. The normalized spacial score (nSPS) is 12.9. The Morgan fingerprint density at radius 2 is 2.50 bits per heavy atom. The molecule has 0 aromatic carbocycles.